The maximum absolute atomic E-state index is 11.3. The van der Waals surface area contributed by atoms with E-state index in [2.05, 4.69) is 4.99 Å². The summed E-state index contributed by atoms with van der Waals surface area (Å²) in [5, 5.41) is 0. The van der Waals surface area contributed by atoms with Gasteiger partial charge in [-0.2, -0.15) is 0 Å². The minimum Gasteiger partial charge on any atom is -0.378 e. The first-order valence-electron chi connectivity index (χ1n) is 6.21. The summed E-state index contributed by atoms with van der Waals surface area (Å²) in [7, 11) is -2.94. The van der Waals surface area contributed by atoms with Gasteiger partial charge in [0.05, 0.1) is 19.0 Å². The van der Waals surface area contributed by atoms with Crippen molar-refractivity contribution in [2.24, 2.45) is 16.1 Å². The summed E-state index contributed by atoms with van der Waals surface area (Å²) in [5.41, 5.74) is 5.77. The van der Waals surface area contributed by atoms with E-state index >= 15 is 0 Å². The summed E-state index contributed by atoms with van der Waals surface area (Å²) < 4.78 is 27.9. The Morgan fingerprint density at radius 2 is 2.00 bits per heavy atom. The predicted octanol–water partition coefficient (Wildman–Crippen LogP) is -0.542. The van der Waals surface area contributed by atoms with Gasteiger partial charge in [0.1, 0.15) is 9.84 Å². The standard InChI is InChI=1S/C11H21N3O3S/c1-18(15,16)9-11(2-3-11)8-13-10(12)14-4-6-17-7-5-14/h2-9H2,1H3,(H2,12,13). The summed E-state index contributed by atoms with van der Waals surface area (Å²) in [5.74, 6) is 0.734. The topological polar surface area (TPSA) is 85.0 Å². The van der Waals surface area contributed by atoms with Crippen molar-refractivity contribution in [2.45, 2.75) is 12.8 Å². The molecule has 1 aliphatic carbocycles. The van der Waals surface area contributed by atoms with Crippen molar-refractivity contribution in [1.29, 1.82) is 0 Å². The molecule has 7 heteroatoms. The molecular weight excluding hydrogens is 254 g/mol. The number of rotatable bonds is 4. The predicted molar refractivity (Wildman–Crippen MR) is 70.3 cm³/mol. The molecular formula is C11H21N3O3S. The van der Waals surface area contributed by atoms with E-state index in [1.807, 2.05) is 4.90 Å². The SMILES string of the molecule is CS(=O)(=O)CC1(CN=C(N)N2CCOCC2)CC1. The lowest BCUT2D eigenvalue weighted by Crippen LogP contribution is -2.45. The van der Waals surface area contributed by atoms with E-state index < -0.39 is 9.84 Å². The number of morpholine rings is 1. The summed E-state index contributed by atoms with van der Waals surface area (Å²) in [4.78, 5) is 6.35. The van der Waals surface area contributed by atoms with Gasteiger partial charge in [0, 0.05) is 31.3 Å². The van der Waals surface area contributed by atoms with Crippen molar-refractivity contribution in [3.63, 3.8) is 0 Å². The average molecular weight is 275 g/mol. The van der Waals surface area contributed by atoms with Crippen molar-refractivity contribution in [3.05, 3.63) is 0 Å². The van der Waals surface area contributed by atoms with Gasteiger partial charge in [0.2, 0.25) is 0 Å². The molecule has 2 fully saturated rings. The summed E-state index contributed by atoms with van der Waals surface area (Å²) in [6, 6.07) is 0. The molecule has 0 bridgehead atoms. The monoisotopic (exact) mass is 275 g/mol. The molecule has 104 valence electrons. The van der Waals surface area contributed by atoms with Gasteiger partial charge in [-0.15, -0.1) is 0 Å². The number of sulfone groups is 1. The van der Waals surface area contributed by atoms with Crippen LogP contribution in [0.4, 0.5) is 0 Å². The highest BCUT2D eigenvalue weighted by atomic mass is 32.2. The van der Waals surface area contributed by atoms with Crippen LogP contribution in [0.1, 0.15) is 12.8 Å². The molecule has 1 saturated carbocycles. The normalized spacial score (nSPS) is 24.1. The highest BCUT2D eigenvalue weighted by Crippen LogP contribution is 2.46. The largest absolute Gasteiger partial charge is 0.378 e. The quantitative estimate of drug-likeness (QED) is 0.550. The van der Waals surface area contributed by atoms with Crippen LogP contribution in [-0.4, -0.2) is 64.1 Å². The van der Waals surface area contributed by atoms with Gasteiger partial charge >= 0.3 is 0 Å². The molecule has 18 heavy (non-hydrogen) atoms. The van der Waals surface area contributed by atoms with Gasteiger partial charge in [0.15, 0.2) is 5.96 Å². The molecule has 0 unspecified atom stereocenters. The van der Waals surface area contributed by atoms with E-state index in [1.54, 1.807) is 0 Å². The second kappa shape index (κ2) is 5.05. The number of hydrogen-bond donors (Lipinski definition) is 1. The molecule has 6 nitrogen and oxygen atoms in total. The Hall–Kier alpha value is -0.820. The minimum absolute atomic E-state index is 0.148. The number of nitrogens with two attached hydrogens (primary N) is 1. The Kier molecular flexibility index (Phi) is 3.82. The zero-order valence-electron chi connectivity index (χ0n) is 10.8. The molecule has 0 amide bonds. The average Bonchev–Trinajstić information content (AvgIpc) is 3.05. The molecule has 0 radical (unpaired) electrons. The van der Waals surface area contributed by atoms with E-state index in [1.165, 1.54) is 6.26 Å². The van der Waals surface area contributed by atoms with Crippen molar-refractivity contribution in [3.8, 4) is 0 Å². The van der Waals surface area contributed by atoms with Crippen LogP contribution >= 0.6 is 0 Å². The fourth-order valence-corrected chi connectivity index (χ4v) is 3.71. The second-order valence-corrected chi connectivity index (χ2v) is 7.48. The van der Waals surface area contributed by atoms with E-state index in [-0.39, 0.29) is 11.2 Å². The van der Waals surface area contributed by atoms with Crippen LogP contribution in [0.2, 0.25) is 0 Å². The Bertz CT molecular complexity index is 423. The number of hydrogen-bond acceptors (Lipinski definition) is 4. The minimum atomic E-state index is -2.94. The molecule has 0 atom stereocenters. The molecule has 2 rings (SSSR count). The Labute approximate surface area is 108 Å². The number of ether oxygens (including phenoxy) is 1. The van der Waals surface area contributed by atoms with Crippen LogP contribution in [0.5, 0.6) is 0 Å². The summed E-state index contributed by atoms with van der Waals surface area (Å²) >= 11 is 0. The van der Waals surface area contributed by atoms with Crippen LogP contribution in [0, 0.1) is 5.41 Å². The van der Waals surface area contributed by atoms with Crippen LogP contribution in [0.25, 0.3) is 0 Å². The van der Waals surface area contributed by atoms with E-state index in [9.17, 15) is 8.42 Å². The highest BCUT2D eigenvalue weighted by molar-refractivity contribution is 7.90. The number of aliphatic imine (C=N–C) groups is 1. The molecule has 1 aliphatic heterocycles. The summed E-state index contributed by atoms with van der Waals surface area (Å²) in [6.07, 6.45) is 3.14. The van der Waals surface area contributed by atoms with E-state index in [0.717, 1.165) is 25.9 Å². The molecule has 1 heterocycles. The van der Waals surface area contributed by atoms with Gasteiger partial charge in [-0.05, 0) is 12.8 Å². The van der Waals surface area contributed by atoms with Crippen LogP contribution < -0.4 is 5.73 Å². The Balaban J connectivity index is 1.89. The van der Waals surface area contributed by atoms with Crippen LogP contribution in [-0.2, 0) is 14.6 Å². The Morgan fingerprint density at radius 1 is 1.39 bits per heavy atom. The van der Waals surface area contributed by atoms with Crippen molar-refractivity contribution in [1.82, 2.24) is 4.90 Å². The highest BCUT2D eigenvalue weighted by Gasteiger charge is 2.45. The van der Waals surface area contributed by atoms with Gasteiger partial charge in [-0.3, -0.25) is 4.99 Å². The first kappa shape index (κ1) is 13.6. The van der Waals surface area contributed by atoms with Crippen molar-refractivity contribution >= 4 is 15.8 Å². The zero-order chi connectivity index (χ0) is 13.2. The molecule has 0 aromatic rings. The maximum atomic E-state index is 11.3. The third kappa shape index (κ3) is 3.84. The Morgan fingerprint density at radius 3 is 2.50 bits per heavy atom. The lowest BCUT2D eigenvalue weighted by molar-refractivity contribution is 0.0674. The van der Waals surface area contributed by atoms with Gasteiger partial charge in [-0.1, -0.05) is 0 Å². The molecule has 2 N–H and O–H groups in total. The first-order valence-corrected chi connectivity index (χ1v) is 8.27. The van der Waals surface area contributed by atoms with Crippen molar-refractivity contribution < 1.29 is 13.2 Å². The lowest BCUT2D eigenvalue weighted by Gasteiger charge is -2.27. The molecule has 0 aromatic heterocycles. The number of guanidine groups is 1. The summed E-state index contributed by atoms with van der Waals surface area (Å²) in [6.45, 7) is 3.38. The van der Waals surface area contributed by atoms with Crippen LogP contribution in [0.3, 0.4) is 0 Å². The first-order chi connectivity index (χ1) is 8.40. The fraction of sp³-hybridized carbons (Fsp3) is 0.909. The van der Waals surface area contributed by atoms with Gasteiger partial charge in [-0.25, -0.2) is 8.42 Å². The van der Waals surface area contributed by atoms with Crippen LogP contribution in [0.15, 0.2) is 4.99 Å². The van der Waals surface area contributed by atoms with Gasteiger partial charge in [0.25, 0.3) is 0 Å². The van der Waals surface area contributed by atoms with E-state index in [4.69, 9.17) is 10.5 Å². The third-order valence-electron chi connectivity index (χ3n) is 3.44. The lowest BCUT2D eigenvalue weighted by atomic mass is 10.1. The molecule has 0 spiro atoms. The fourth-order valence-electron chi connectivity index (χ4n) is 2.22. The number of nitrogens with zero attached hydrogens (tertiary/aromatic N) is 2. The molecule has 0 aromatic carbocycles. The smallest absolute Gasteiger partial charge is 0.191 e. The molecule has 2 aliphatic rings. The van der Waals surface area contributed by atoms with Gasteiger partial charge < -0.3 is 15.4 Å². The molecule has 1 saturated heterocycles. The second-order valence-electron chi connectivity index (χ2n) is 5.34. The van der Waals surface area contributed by atoms with E-state index in [0.29, 0.717) is 25.7 Å². The zero-order valence-corrected chi connectivity index (χ0v) is 11.6. The maximum Gasteiger partial charge on any atom is 0.191 e. The van der Waals surface area contributed by atoms with Crippen molar-refractivity contribution in [2.75, 3.05) is 44.9 Å². The third-order valence-corrected chi connectivity index (χ3v) is 4.57.